The largest absolute Gasteiger partial charge is 0.497 e. The molecular weight excluding hydrogens is 254 g/mol. The second-order valence-electron chi connectivity index (χ2n) is 4.64. The normalized spacial score (nSPS) is 11.9. The minimum absolute atomic E-state index is 0.378. The summed E-state index contributed by atoms with van der Waals surface area (Å²) >= 11 is 0. The highest BCUT2D eigenvalue weighted by Gasteiger charge is 2.22. The number of methoxy groups -OCH3 is 1. The molecule has 1 aromatic carbocycles. The van der Waals surface area contributed by atoms with Gasteiger partial charge in [-0.1, -0.05) is 12.1 Å². The van der Waals surface area contributed by atoms with Crippen molar-refractivity contribution in [3.63, 3.8) is 0 Å². The summed E-state index contributed by atoms with van der Waals surface area (Å²) in [5, 5.41) is 9.48. The molecule has 1 heterocycles. The van der Waals surface area contributed by atoms with Crippen molar-refractivity contribution in [2.75, 3.05) is 7.11 Å². The molecule has 4 heteroatoms. The molecule has 0 aliphatic carbocycles. The summed E-state index contributed by atoms with van der Waals surface area (Å²) in [5.74, 6) is -0.715. The van der Waals surface area contributed by atoms with Crippen LogP contribution in [0.4, 0.5) is 0 Å². The quantitative estimate of drug-likeness (QED) is 0.908. The van der Waals surface area contributed by atoms with Crippen LogP contribution in [0, 0.1) is 6.92 Å². The van der Waals surface area contributed by atoms with Crippen LogP contribution in [0.1, 0.15) is 22.7 Å². The molecule has 2 rings (SSSR count). The zero-order chi connectivity index (χ0) is 14.5. The molecule has 1 unspecified atom stereocenters. The Kier molecular flexibility index (Phi) is 4.35. The zero-order valence-electron chi connectivity index (χ0n) is 11.5. The average Bonchev–Trinajstić information content (AvgIpc) is 2.46. The fourth-order valence-electron chi connectivity index (χ4n) is 2.22. The van der Waals surface area contributed by atoms with Crippen LogP contribution in [0.15, 0.2) is 42.6 Å². The van der Waals surface area contributed by atoms with Gasteiger partial charge in [-0.25, -0.2) is 0 Å². The number of carboxylic acids is 1. The summed E-state index contributed by atoms with van der Waals surface area (Å²) in [6.45, 7) is 1.90. The second-order valence-corrected chi connectivity index (χ2v) is 4.64. The molecule has 1 N–H and O–H groups in total. The Morgan fingerprint density at radius 3 is 2.70 bits per heavy atom. The van der Waals surface area contributed by atoms with Crippen LogP contribution in [-0.2, 0) is 11.2 Å². The summed E-state index contributed by atoms with van der Waals surface area (Å²) in [7, 11) is 1.59. The SMILES string of the molecule is COc1ccc(C(Cc2ccccn2)C(=O)O)c(C)c1. The van der Waals surface area contributed by atoms with Crippen LogP contribution in [-0.4, -0.2) is 23.2 Å². The molecule has 0 amide bonds. The maximum atomic E-state index is 11.6. The Labute approximate surface area is 118 Å². The zero-order valence-corrected chi connectivity index (χ0v) is 11.5. The van der Waals surface area contributed by atoms with Crippen LogP contribution in [0.2, 0.25) is 0 Å². The summed E-state index contributed by atoms with van der Waals surface area (Å²) in [6.07, 6.45) is 2.05. The molecule has 1 aromatic heterocycles. The van der Waals surface area contributed by atoms with Crippen molar-refractivity contribution in [3.05, 3.63) is 59.4 Å². The number of aliphatic carboxylic acids is 1. The summed E-state index contributed by atoms with van der Waals surface area (Å²) in [4.78, 5) is 15.8. The Hall–Kier alpha value is -2.36. The third-order valence-corrected chi connectivity index (χ3v) is 3.29. The number of carbonyl (C=O) groups is 1. The van der Waals surface area contributed by atoms with E-state index in [4.69, 9.17) is 4.74 Å². The lowest BCUT2D eigenvalue weighted by Gasteiger charge is -2.15. The van der Waals surface area contributed by atoms with Crippen molar-refractivity contribution in [2.45, 2.75) is 19.3 Å². The molecule has 0 saturated heterocycles. The van der Waals surface area contributed by atoms with Gasteiger partial charge in [0.2, 0.25) is 0 Å². The van der Waals surface area contributed by atoms with Gasteiger partial charge in [0.25, 0.3) is 0 Å². The van der Waals surface area contributed by atoms with Crippen LogP contribution in [0.5, 0.6) is 5.75 Å². The Bertz CT molecular complexity index is 596. The average molecular weight is 271 g/mol. The molecule has 4 nitrogen and oxygen atoms in total. The lowest BCUT2D eigenvalue weighted by Crippen LogP contribution is -2.16. The highest BCUT2D eigenvalue weighted by Crippen LogP contribution is 2.26. The van der Waals surface area contributed by atoms with E-state index in [0.717, 1.165) is 22.6 Å². The Morgan fingerprint density at radius 1 is 1.35 bits per heavy atom. The molecule has 2 aromatic rings. The van der Waals surface area contributed by atoms with Crippen molar-refractivity contribution in [3.8, 4) is 5.75 Å². The first-order valence-electron chi connectivity index (χ1n) is 6.39. The van der Waals surface area contributed by atoms with Crippen molar-refractivity contribution in [1.82, 2.24) is 4.98 Å². The highest BCUT2D eigenvalue weighted by molar-refractivity contribution is 5.77. The van der Waals surface area contributed by atoms with Gasteiger partial charge < -0.3 is 9.84 Å². The van der Waals surface area contributed by atoms with E-state index >= 15 is 0 Å². The molecule has 0 aliphatic rings. The smallest absolute Gasteiger partial charge is 0.311 e. The first-order chi connectivity index (χ1) is 9.61. The summed E-state index contributed by atoms with van der Waals surface area (Å²) in [6, 6.07) is 11.0. The number of hydrogen-bond acceptors (Lipinski definition) is 3. The van der Waals surface area contributed by atoms with Crippen molar-refractivity contribution >= 4 is 5.97 Å². The van der Waals surface area contributed by atoms with Gasteiger partial charge in [0.1, 0.15) is 5.75 Å². The van der Waals surface area contributed by atoms with Gasteiger partial charge in [0, 0.05) is 18.3 Å². The number of pyridine rings is 1. The molecule has 20 heavy (non-hydrogen) atoms. The van der Waals surface area contributed by atoms with Gasteiger partial charge in [-0.05, 0) is 42.3 Å². The number of ether oxygens (including phenoxy) is 1. The lowest BCUT2D eigenvalue weighted by atomic mass is 9.90. The van der Waals surface area contributed by atoms with E-state index in [-0.39, 0.29) is 0 Å². The van der Waals surface area contributed by atoms with E-state index in [2.05, 4.69) is 4.98 Å². The second kappa shape index (κ2) is 6.19. The lowest BCUT2D eigenvalue weighted by molar-refractivity contribution is -0.138. The minimum atomic E-state index is -0.844. The van der Waals surface area contributed by atoms with Crippen molar-refractivity contribution in [2.24, 2.45) is 0 Å². The van der Waals surface area contributed by atoms with Gasteiger partial charge in [0.05, 0.1) is 13.0 Å². The molecule has 104 valence electrons. The maximum Gasteiger partial charge on any atom is 0.311 e. The molecule has 0 saturated carbocycles. The molecule has 0 bridgehead atoms. The van der Waals surface area contributed by atoms with Crippen molar-refractivity contribution in [1.29, 1.82) is 0 Å². The van der Waals surface area contributed by atoms with E-state index in [0.29, 0.717) is 6.42 Å². The number of carboxylic acid groups (broad SMARTS) is 1. The van der Waals surface area contributed by atoms with Crippen molar-refractivity contribution < 1.29 is 14.6 Å². The molecule has 0 aliphatic heterocycles. The predicted octanol–water partition coefficient (Wildman–Crippen LogP) is 2.81. The first-order valence-corrected chi connectivity index (χ1v) is 6.39. The first kappa shape index (κ1) is 14.1. The van der Waals surface area contributed by atoms with Gasteiger partial charge in [-0.15, -0.1) is 0 Å². The molecular formula is C16H17NO3. The van der Waals surface area contributed by atoms with Crippen LogP contribution < -0.4 is 4.74 Å². The Balaban J connectivity index is 2.32. The number of aromatic nitrogens is 1. The van der Waals surface area contributed by atoms with Crippen LogP contribution in [0.3, 0.4) is 0 Å². The number of nitrogens with zero attached hydrogens (tertiary/aromatic N) is 1. The van der Waals surface area contributed by atoms with E-state index in [1.165, 1.54) is 0 Å². The number of hydrogen-bond donors (Lipinski definition) is 1. The third-order valence-electron chi connectivity index (χ3n) is 3.29. The fourth-order valence-corrected chi connectivity index (χ4v) is 2.22. The highest BCUT2D eigenvalue weighted by atomic mass is 16.5. The molecule has 0 fully saturated rings. The van der Waals surface area contributed by atoms with Crippen LogP contribution in [0.25, 0.3) is 0 Å². The predicted molar refractivity (Wildman–Crippen MR) is 76.0 cm³/mol. The standard InChI is InChI=1S/C16H17NO3/c1-11-9-13(20-2)6-7-14(11)15(16(18)19)10-12-5-3-4-8-17-12/h3-9,15H,10H2,1-2H3,(H,18,19). The third kappa shape index (κ3) is 3.15. The number of rotatable bonds is 5. The van der Waals surface area contributed by atoms with Crippen LogP contribution >= 0.6 is 0 Å². The monoisotopic (exact) mass is 271 g/mol. The fraction of sp³-hybridized carbons (Fsp3) is 0.250. The maximum absolute atomic E-state index is 11.6. The van der Waals surface area contributed by atoms with Gasteiger partial charge in [-0.3, -0.25) is 9.78 Å². The Morgan fingerprint density at radius 2 is 2.15 bits per heavy atom. The van der Waals surface area contributed by atoms with E-state index in [1.807, 2.05) is 37.3 Å². The summed E-state index contributed by atoms with van der Waals surface area (Å²) in [5.41, 5.74) is 2.48. The summed E-state index contributed by atoms with van der Waals surface area (Å²) < 4.78 is 5.15. The van der Waals surface area contributed by atoms with Gasteiger partial charge >= 0.3 is 5.97 Å². The molecule has 0 spiro atoms. The van der Waals surface area contributed by atoms with Gasteiger partial charge in [0.15, 0.2) is 0 Å². The van der Waals surface area contributed by atoms with Gasteiger partial charge in [-0.2, -0.15) is 0 Å². The minimum Gasteiger partial charge on any atom is -0.497 e. The van der Waals surface area contributed by atoms with E-state index in [1.54, 1.807) is 19.4 Å². The molecule has 0 radical (unpaired) electrons. The van der Waals surface area contributed by atoms with E-state index < -0.39 is 11.9 Å². The van der Waals surface area contributed by atoms with E-state index in [9.17, 15) is 9.90 Å². The topological polar surface area (TPSA) is 59.4 Å². The number of benzene rings is 1. The number of aryl methyl sites for hydroxylation is 1. The molecule has 1 atom stereocenters.